The fourth-order valence-electron chi connectivity index (χ4n) is 3.74. The molecular formula is C21H24N6O4. The Morgan fingerprint density at radius 1 is 1.39 bits per heavy atom. The highest BCUT2D eigenvalue weighted by Crippen LogP contribution is 2.40. The smallest absolute Gasteiger partial charge is 0.262 e. The lowest BCUT2D eigenvalue weighted by molar-refractivity contribution is -0.118. The molecule has 0 spiro atoms. The van der Waals surface area contributed by atoms with Crippen LogP contribution in [0.1, 0.15) is 12.8 Å². The van der Waals surface area contributed by atoms with Crippen molar-refractivity contribution in [3.8, 4) is 5.75 Å². The molecule has 10 nitrogen and oxygen atoms in total. The summed E-state index contributed by atoms with van der Waals surface area (Å²) in [6.45, 7) is 1.53. The SMILES string of the molecule is N=C/C(C(=O)Nc1cc2c(cc1N1CCC(CO)CC1)OCC(=O)N2)=C1/N=CC=CN1. The van der Waals surface area contributed by atoms with Crippen LogP contribution in [0, 0.1) is 11.3 Å². The van der Waals surface area contributed by atoms with Crippen molar-refractivity contribution >= 4 is 41.3 Å². The first kappa shape index (κ1) is 20.6. The molecular weight excluding hydrogens is 400 g/mol. The third-order valence-electron chi connectivity index (χ3n) is 5.44. The predicted octanol–water partition coefficient (Wildman–Crippen LogP) is 1.21. The number of nitrogens with zero attached hydrogens (tertiary/aromatic N) is 2. The van der Waals surface area contributed by atoms with Gasteiger partial charge in [0, 0.05) is 44.4 Å². The van der Waals surface area contributed by atoms with Crippen LogP contribution < -0.4 is 25.6 Å². The van der Waals surface area contributed by atoms with Gasteiger partial charge in [0.05, 0.1) is 22.6 Å². The maximum atomic E-state index is 13.0. The van der Waals surface area contributed by atoms with Crippen molar-refractivity contribution in [2.75, 3.05) is 41.8 Å². The van der Waals surface area contributed by atoms with Crippen LogP contribution in [-0.4, -0.2) is 55.7 Å². The molecule has 31 heavy (non-hydrogen) atoms. The quantitative estimate of drug-likeness (QED) is 0.356. The summed E-state index contributed by atoms with van der Waals surface area (Å²) in [6.07, 6.45) is 7.46. The van der Waals surface area contributed by atoms with Gasteiger partial charge in [-0.1, -0.05) is 0 Å². The van der Waals surface area contributed by atoms with Gasteiger partial charge in [-0.15, -0.1) is 0 Å². The Balaban J connectivity index is 1.66. The van der Waals surface area contributed by atoms with E-state index < -0.39 is 5.91 Å². The normalized spacial score (nSPS) is 19.6. The molecule has 4 rings (SSSR count). The van der Waals surface area contributed by atoms with Crippen molar-refractivity contribution in [1.82, 2.24) is 5.32 Å². The van der Waals surface area contributed by atoms with Crippen LogP contribution in [0.4, 0.5) is 17.1 Å². The Morgan fingerprint density at radius 2 is 2.19 bits per heavy atom. The molecule has 0 aromatic heterocycles. The molecule has 1 aromatic carbocycles. The molecule has 1 aromatic rings. The summed E-state index contributed by atoms with van der Waals surface area (Å²) in [7, 11) is 0. The molecule has 162 valence electrons. The van der Waals surface area contributed by atoms with E-state index in [0.717, 1.165) is 24.7 Å². The molecule has 10 heteroatoms. The number of nitrogens with one attached hydrogen (secondary N) is 4. The van der Waals surface area contributed by atoms with Gasteiger partial charge in [-0.2, -0.15) is 0 Å². The highest BCUT2D eigenvalue weighted by atomic mass is 16.5. The number of ether oxygens (including phenoxy) is 1. The number of carbonyl (C=O) groups is 2. The average molecular weight is 424 g/mol. The first-order valence-electron chi connectivity index (χ1n) is 10.1. The van der Waals surface area contributed by atoms with Gasteiger partial charge in [-0.3, -0.25) is 9.59 Å². The van der Waals surface area contributed by atoms with E-state index in [0.29, 0.717) is 30.2 Å². The second-order valence-electron chi connectivity index (χ2n) is 7.46. The molecule has 0 saturated carbocycles. The predicted molar refractivity (Wildman–Crippen MR) is 118 cm³/mol. The lowest BCUT2D eigenvalue weighted by Gasteiger charge is -2.35. The Kier molecular flexibility index (Phi) is 5.99. The largest absolute Gasteiger partial charge is 0.482 e. The van der Waals surface area contributed by atoms with Crippen LogP contribution in [0.5, 0.6) is 5.75 Å². The van der Waals surface area contributed by atoms with Gasteiger partial charge < -0.3 is 36.1 Å². The van der Waals surface area contributed by atoms with Gasteiger partial charge in [0.25, 0.3) is 11.8 Å². The highest BCUT2D eigenvalue weighted by Gasteiger charge is 2.26. The molecule has 0 bridgehead atoms. The number of aliphatic hydroxyl groups excluding tert-OH is 1. The Morgan fingerprint density at radius 3 is 2.87 bits per heavy atom. The van der Waals surface area contributed by atoms with Crippen molar-refractivity contribution in [3.63, 3.8) is 0 Å². The number of amides is 2. The van der Waals surface area contributed by atoms with Gasteiger partial charge in [0.15, 0.2) is 6.61 Å². The van der Waals surface area contributed by atoms with Crippen molar-refractivity contribution in [1.29, 1.82) is 5.41 Å². The second kappa shape index (κ2) is 9.00. The number of allylic oxidation sites excluding steroid dienone is 1. The number of piperidine rings is 1. The summed E-state index contributed by atoms with van der Waals surface area (Å²) in [5, 5.41) is 25.6. The van der Waals surface area contributed by atoms with Crippen LogP contribution in [0.15, 0.2) is 40.8 Å². The summed E-state index contributed by atoms with van der Waals surface area (Å²) in [5.41, 5.74) is 1.80. The minimum absolute atomic E-state index is 0.0635. The number of rotatable bonds is 5. The number of hydrogen-bond acceptors (Lipinski definition) is 8. The third-order valence-corrected chi connectivity index (χ3v) is 5.44. The fraction of sp³-hybridized carbons (Fsp3) is 0.333. The number of hydrogen-bond donors (Lipinski definition) is 5. The van der Waals surface area contributed by atoms with Gasteiger partial charge in [-0.25, -0.2) is 4.99 Å². The molecule has 5 N–H and O–H groups in total. The second-order valence-corrected chi connectivity index (χ2v) is 7.46. The summed E-state index contributed by atoms with van der Waals surface area (Å²) in [5.74, 6) is 0.302. The zero-order chi connectivity index (χ0) is 21.8. The molecule has 1 fully saturated rings. The van der Waals surface area contributed by atoms with Gasteiger partial charge >= 0.3 is 0 Å². The minimum Gasteiger partial charge on any atom is -0.482 e. The standard InChI is InChI=1S/C21H24N6O4/c22-10-14(20-23-4-1-5-24-20)21(30)26-15-8-16-18(31-12-19(29)25-16)9-17(15)27-6-2-13(11-28)3-7-27/h1,4-5,8-10,13,22-23,28H,2-3,6-7,11-12H2,(H,25,29)(H,26,30)/b20-14-,22-10?. The first-order valence-corrected chi connectivity index (χ1v) is 10.1. The Labute approximate surface area is 179 Å². The molecule has 3 heterocycles. The van der Waals surface area contributed by atoms with Crippen molar-refractivity contribution in [2.24, 2.45) is 10.9 Å². The summed E-state index contributed by atoms with van der Waals surface area (Å²) < 4.78 is 5.56. The molecule has 1 saturated heterocycles. The van der Waals surface area contributed by atoms with E-state index in [1.54, 1.807) is 24.4 Å². The molecule has 2 amide bonds. The Hall–Kier alpha value is -3.66. The maximum Gasteiger partial charge on any atom is 0.262 e. The van der Waals surface area contributed by atoms with E-state index in [-0.39, 0.29) is 36.4 Å². The maximum absolute atomic E-state index is 13.0. The van der Waals surface area contributed by atoms with E-state index in [1.807, 2.05) is 0 Å². The van der Waals surface area contributed by atoms with E-state index in [2.05, 4.69) is 25.8 Å². The van der Waals surface area contributed by atoms with Crippen LogP contribution in [0.25, 0.3) is 0 Å². The number of aliphatic imine (C=N–C) groups is 1. The fourth-order valence-corrected chi connectivity index (χ4v) is 3.74. The first-order chi connectivity index (χ1) is 15.1. The molecule has 3 aliphatic heterocycles. The number of aliphatic hydroxyl groups is 1. The third kappa shape index (κ3) is 4.43. The Bertz CT molecular complexity index is 992. The monoisotopic (exact) mass is 424 g/mol. The van der Waals surface area contributed by atoms with Gasteiger partial charge in [-0.05, 0) is 30.9 Å². The minimum atomic E-state index is -0.501. The lowest BCUT2D eigenvalue weighted by Crippen LogP contribution is -2.36. The van der Waals surface area contributed by atoms with Crippen molar-refractivity contribution in [2.45, 2.75) is 12.8 Å². The molecule has 0 radical (unpaired) electrons. The van der Waals surface area contributed by atoms with E-state index in [9.17, 15) is 14.7 Å². The molecule has 0 aliphatic carbocycles. The highest BCUT2D eigenvalue weighted by molar-refractivity contribution is 6.18. The van der Waals surface area contributed by atoms with Crippen LogP contribution in [0.2, 0.25) is 0 Å². The zero-order valence-corrected chi connectivity index (χ0v) is 16.9. The molecule has 0 atom stereocenters. The van der Waals surface area contributed by atoms with Crippen molar-refractivity contribution < 1.29 is 19.4 Å². The molecule has 3 aliphatic rings. The summed E-state index contributed by atoms with van der Waals surface area (Å²) in [6, 6.07) is 3.47. The van der Waals surface area contributed by atoms with E-state index >= 15 is 0 Å². The lowest BCUT2D eigenvalue weighted by atomic mass is 9.97. The van der Waals surface area contributed by atoms with Gasteiger partial charge in [0.1, 0.15) is 11.6 Å². The zero-order valence-electron chi connectivity index (χ0n) is 16.9. The van der Waals surface area contributed by atoms with Crippen LogP contribution >= 0.6 is 0 Å². The number of benzene rings is 1. The average Bonchev–Trinajstić information content (AvgIpc) is 2.80. The van der Waals surface area contributed by atoms with Gasteiger partial charge in [0.2, 0.25) is 0 Å². The van der Waals surface area contributed by atoms with Crippen molar-refractivity contribution in [3.05, 3.63) is 35.8 Å². The van der Waals surface area contributed by atoms with Crippen LogP contribution in [0.3, 0.4) is 0 Å². The van der Waals surface area contributed by atoms with E-state index in [4.69, 9.17) is 10.1 Å². The summed E-state index contributed by atoms with van der Waals surface area (Å²) in [4.78, 5) is 31.0. The summed E-state index contributed by atoms with van der Waals surface area (Å²) >= 11 is 0. The topological polar surface area (TPSA) is 139 Å². The van der Waals surface area contributed by atoms with Crippen LogP contribution in [-0.2, 0) is 9.59 Å². The number of fused-ring (bicyclic) bond motifs is 1. The molecule has 0 unspecified atom stereocenters. The number of carbonyl (C=O) groups excluding carboxylic acids is 2. The van der Waals surface area contributed by atoms with E-state index in [1.165, 1.54) is 6.21 Å². The number of anilines is 3.